The summed E-state index contributed by atoms with van der Waals surface area (Å²) >= 11 is 0. The molecule has 1 aliphatic heterocycles. The zero-order valence-electron chi connectivity index (χ0n) is 11.1. The van der Waals surface area contributed by atoms with Crippen LogP contribution in [0, 0.1) is 0 Å². The van der Waals surface area contributed by atoms with Crippen molar-refractivity contribution in [3.63, 3.8) is 0 Å². The molecule has 1 amide bonds. The molecule has 1 fully saturated rings. The molecule has 2 aliphatic rings. The zero-order chi connectivity index (χ0) is 14.3. The molecule has 0 aromatic heterocycles. The summed E-state index contributed by atoms with van der Waals surface area (Å²) in [7, 11) is -3.52. The number of ether oxygens (including phenoxy) is 1. The van der Waals surface area contributed by atoms with Gasteiger partial charge in [-0.15, -0.1) is 0 Å². The molecule has 0 saturated heterocycles. The number of hydrogen-bond acceptors (Lipinski definition) is 4. The summed E-state index contributed by atoms with van der Waals surface area (Å²) in [5.74, 6) is 0.376. The van der Waals surface area contributed by atoms with E-state index >= 15 is 0 Å². The normalized spacial score (nSPS) is 18.6. The van der Waals surface area contributed by atoms with Gasteiger partial charge in [0.05, 0.1) is 10.6 Å². The van der Waals surface area contributed by atoms with E-state index in [4.69, 9.17) is 4.74 Å². The Kier molecular flexibility index (Phi) is 3.18. The summed E-state index contributed by atoms with van der Waals surface area (Å²) in [6.45, 7) is 2.32. The quantitative estimate of drug-likeness (QED) is 0.894. The largest absolute Gasteiger partial charge is 0.482 e. The first-order valence-corrected chi connectivity index (χ1v) is 8.09. The molecule has 0 unspecified atom stereocenters. The summed E-state index contributed by atoms with van der Waals surface area (Å²) in [4.78, 5) is 13.5. The smallest absolute Gasteiger partial charge is 0.265 e. The number of hydrogen-bond donors (Lipinski definition) is 1. The lowest BCUT2D eigenvalue weighted by Gasteiger charge is -2.28. The van der Waals surface area contributed by atoms with Gasteiger partial charge in [-0.3, -0.25) is 4.79 Å². The zero-order valence-corrected chi connectivity index (χ0v) is 11.9. The number of anilines is 1. The van der Waals surface area contributed by atoms with Gasteiger partial charge in [0.25, 0.3) is 5.91 Å². The van der Waals surface area contributed by atoms with Crippen LogP contribution in [0.15, 0.2) is 23.1 Å². The molecule has 0 spiro atoms. The second kappa shape index (κ2) is 4.75. The minimum atomic E-state index is -3.52. The first-order valence-electron chi connectivity index (χ1n) is 6.61. The van der Waals surface area contributed by atoms with Crippen LogP contribution in [0.4, 0.5) is 5.69 Å². The number of sulfonamides is 1. The fourth-order valence-electron chi connectivity index (χ4n) is 2.18. The van der Waals surface area contributed by atoms with Gasteiger partial charge in [-0.1, -0.05) is 0 Å². The summed E-state index contributed by atoms with van der Waals surface area (Å²) < 4.78 is 32.3. The molecule has 1 saturated carbocycles. The fourth-order valence-corrected chi connectivity index (χ4v) is 3.51. The number of nitrogens with zero attached hydrogens (tertiary/aromatic N) is 1. The van der Waals surface area contributed by atoms with Crippen molar-refractivity contribution in [2.45, 2.75) is 30.7 Å². The standard InChI is InChI=1S/C13H16N2O4S/c1-2-15-11-7-10(20(17,18)14-9-3-4-9)5-6-12(11)19-8-13(15)16/h5-7,9,14H,2-4,8H2,1H3. The van der Waals surface area contributed by atoms with Gasteiger partial charge < -0.3 is 9.64 Å². The molecule has 7 heteroatoms. The molecule has 3 rings (SSSR count). The van der Waals surface area contributed by atoms with Crippen LogP contribution in [-0.4, -0.2) is 33.5 Å². The third-order valence-electron chi connectivity index (χ3n) is 3.40. The van der Waals surface area contributed by atoms with Gasteiger partial charge >= 0.3 is 0 Å². The Labute approximate surface area is 117 Å². The average Bonchev–Trinajstić information content (AvgIpc) is 3.21. The molecule has 1 aliphatic carbocycles. The van der Waals surface area contributed by atoms with E-state index in [2.05, 4.69) is 4.72 Å². The van der Waals surface area contributed by atoms with Gasteiger partial charge in [-0.05, 0) is 38.0 Å². The second-order valence-corrected chi connectivity index (χ2v) is 6.67. The minimum absolute atomic E-state index is 0.00669. The van der Waals surface area contributed by atoms with Crippen molar-refractivity contribution in [1.82, 2.24) is 4.72 Å². The van der Waals surface area contributed by atoms with Crippen LogP contribution in [0.25, 0.3) is 0 Å². The lowest BCUT2D eigenvalue weighted by molar-refractivity contribution is -0.121. The summed E-state index contributed by atoms with van der Waals surface area (Å²) in [6, 6.07) is 4.66. The molecule has 1 aromatic carbocycles. The van der Waals surface area contributed by atoms with Gasteiger partial charge in [-0.25, -0.2) is 13.1 Å². The topological polar surface area (TPSA) is 75.7 Å². The third kappa shape index (κ3) is 2.38. The molecule has 0 bridgehead atoms. The number of amides is 1. The van der Waals surface area contributed by atoms with Crippen molar-refractivity contribution >= 4 is 21.6 Å². The SMILES string of the molecule is CCN1C(=O)COc2ccc(S(=O)(=O)NC3CC3)cc21. The molecular formula is C13H16N2O4S. The van der Waals surface area contributed by atoms with E-state index in [9.17, 15) is 13.2 Å². The number of benzene rings is 1. The van der Waals surface area contributed by atoms with Gasteiger partial charge in [0.2, 0.25) is 10.0 Å². The second-order valence-electron chi connectivity index (χ2n) is 4.95. The highest BCUT2D eigenvalue weighted by atomic mass is 32.2. The maximum absolute atomic E-state index is 12.2. The minimum Gasteiger partial charge on any atom is -0.482 e. The highest BCUT2D eigenvalue weighted by Gasteiger charge is 2.30. The van der Waals surface area contributed by atoms with Crippen molar-refractivity contribution in [1.29, 1.82) is 0 Å². The van der Waals surface area contributed by atoms with Crippen LogP contribution in [0.2, 0.25) is 0 Å². The molecule has 1 N–H and O–H groups in total. The highest BCUT2D eigenvalue weighted by Crippen LogP contribution is 2.34. The van der Waals surface area contributed by atoms with Crippen LogP contribution in [-0.2, 0) is 14.8 Å². The lowest BCUT2D eigenvalue weighted by atomic mass is 10.2. The summed E-state index contributed by atoms with van der Waals surface area (Å²) in [5.41, 5.74) is 0.516. The van der Waals surface area contributed by atoms with E-state index in [1.807, 2.05) is 6.92 Å². The third-order valence-corrected chi connectivity index (χ3v) is 4.92. The predicted molar refractivity (Wildman–Crippen MR) is 73.3 cm³/mol. The Balaban J connectivity index is 1.99. The molecular weight excluding hydrogens is 280 g/mol. The van der Waals surface area contributed by atoms with Gasteiger partial charge in [0.15, 0.2) is 6.61 Å². The Bertz CT molecular complexity index is 652. The van der Waals surface area contributed by atoms with E-state index < -0.39 is 10.0 Å². The van der Waals surface area contributed by atoms with Crippen molar-refractivity contribution in [3.8, 4) is 5.75 Å². The Morgan fingerprint density at radius 1 is 1.40 bits per heavy atom. The summed E-state index contributed by atoms with van der Waals surface area (Å²) in [5, 5.41) is 0. The van der Waals surface area contributed by atoms with Crippen LogP contribution < -0.4 is 14.4 Å². The first kappa shape index (κ1) is 13.4. The van der Waals surface area contributed by atoms with Crippen LogP contribution in [0.1, 0.15) is 19.8 Å². The van der Waals surface area contributed by atoms with E-state index in [1.54, 1.807) is 6.07 Å². The molecule has 0 radical (unpaired) electrons. The predicted octanol–water partition coefficient (Wildman–Crippen LogP) is 0.873. The number of rotatable bonds is 4. The van der Waals surface area contributed by atoms with Crippen molar-refractivity contribution in [2.24, 2.45) is 0 Å². The monoisotopic (exact) mass is 296 g/mol. The summed E-state index contributed by atoms with van der Waals surface area (Å²) in [6.07, 6.45) is 1.76. The molecule has 108 valence electrons. The number of carbonyl (C=O) groups excluding carboxylic acids is 1. The molecule has 6 nitrogen and oxygen atoms in total. The molecule has 1 aromatic rings. The molecule has 0 atom stereocenters. The van der Waals surface area contributed by atoms with E-state index in [0.717, 1.165) is 12.8 Å². The van der Waals surface area contributed by atoms with E-state index in [1.165, 1.54) is 17.0 Å². The lowest BCUT2D eigenvalue weighted by Crippen LogP contribution is -2.38. The van der Waals surface area contributed by atoms with Gasteiger partial charge in [-0.2, -0.15) is 0 Å². The number of carbonyl (C=O) groups is 1. The Morgan fingerprint density at radius 2 is 2.15 bits per heavy atom. The van der Waals surface area contributed by atoms with E-state index in [0.29, 0.717) is 18.0 Å². The average molecular weight is 296 g/mol. The highest BCUT2D eigenvalue weighted by molar-refractivity contribution is 7.89. The maximum Gasteiger partial charge on any atom is 0.265 e. The van der Waals surface area contributed by atoms with Crippen LogP contribution in [0.3, 0.4) is 0 Å². The Morgan fingerprint density at radius 3 is 2.80 bits per heavy atom. The van der Waals surface area contributed by atoms with Crippen molar-refractivity contribution < 1.29 is 17.9 Å². The van der Waals surface area contributed by atoms with Gasteiger partial charge in [0.1, 0.15) is 5.75 Å². The number of nitrogens with one attached hydrogen (secondary N) is 1. The van der Waals surface area contributed by atoms with Crippen molar-refractivity contribution in [3.05, 3.63) is 18.2 Å². The number of likely N-dealkylation sites (N-methyl/N-ethyl adjacent to an activating group) is 1. The van der Waals surface area contributed by atoms with Crippen molar-refractivity contribution in [2.75, 3.05) is 18.1 Å². The molecule has 1 heterocycles. The number of fused-ring (bicyclic) bond motifs is 1. The Hall–Kier alpha value is -1.60. The fraction of sp³-hybridized carbons (Fsp3) is 0.462. The van der Waals surface area contributed by atoms with Crippen LogP contribution >= 0.6 is 0 Å². The maximum atomic E-state index is 12.2. The van der Waals surface area contributed by atoms with E-state index in [-0.39, 0.29) is 23.5 Å². The van der Waals surface area contributed by atoms with Gasteiger partial charge in [0, 0.05) is 12.6 Å². The molecule has 20 heavy (non-hydrogen) atoms. The first-order chi connectivity index (χ1) is 9.51. The van der Waals surface area contributed by atoms with Crippen LogP contribution in [0.5, 0.6) is 5.75 Å².